The van der Waals surface area contributed by atoms with E-state index >= 15 is 0 Å². The third-order valence-electron chi connectivity index (χ3n) is 4.82. The van der Waals surface area contributed by atoms with E-state index < -0.39 is 37.4 Å². The van der Waals surface area contributed by atoms with Crippen LogP contribution in [0.5, 0.6) is 0 Å². The molecule has 0 aliphatic heterocycles. The van der Waals surface area contributed by atoms with E-state index in [9.17, 15) is 18.4 Å². The molecule has 0 unspecified atom stereocenters. The molecule has 1 atom stereocenters. The van der Waals surface area contributed by atoms with Gasteiger partial charge in [-0.3, -0.25) is 9.59 Å². The first-order chi connectivity index (χ1) is 14.6. The van der Waals surface area contributed by atoms with Crippen LogP contribution in [-0.2, 0) is 27.4 Å². The van der Waals surface area contributed by atoms with Gasteiger partial charge in [-0.1, -0.05) is 43.9 Å². The van der Waals surface area contributed by atoms with Crippen molar-refractivity contribution in [2.75, 3.05) is 13.7 Å². The van der Waals surface area contributed by atoms with Gasteiger partial charge in [-0.05, 0) is 28.8 Å². The van der Waals surface area contributed by atoms with Crippen LogP contribution >= 0.6 is 0 Å². The van der Waals surface area contributed by atoms with Crippen molar-refractivity contribution < 1.29 is 28.2 Å². The second-order valence-electron chi connectivity index (χ2n) is 8.48. The monoisotopic (exact) mass is 449 g/mol. The van der Waals surface area contributed by atoms with E-state index in [4.69, 9.17) is 9.84 Å². The van der Waals surface area contributed by atoms with Gasteiger partial charge in [0.05, 0.1) is 21.3 Å². The Labute approximate surface area is 182 Å². The minimum absolute atomic E-state index is 0.102. The number of halogens is 2. The zero-order chi connectivity index (χ0) is 23.2. The molecule has 2 rings (SSSR count). The summed E-state index contributed by atoms with van der Waals surface area (Å²) in [6.45, 7) is 5.59. The number of benzene rings is 2. The number of hydrogen-bond acceptors (Lipinski definition) is 4. The largest absolute Gasteiger partial charge is 0.396 e. The summed E-state index contributed by atoms with van der Waals surface area (Å²) in [6.07, 6.45) is -0.399. The van der Waals surface area contributed by atoms with Crippen LogP contribution in [0.1, 0.15) is 29.2 Å². The molecule has 0 aromatic heterocycles. The van der Waals surface area contributed by atoms with Gasteiger partial charge in [0.2, 0.25) is 5.91 Å². The summed E-state index contributed by atoms with van der Waals surface area (Å²) in [7, 11) is -0.658. The summed E-state index contributed by atoms with van der Waals surface area (Å²) in [4.78, 5) is 25.1. The Balaban J connectivity index is 2.31. The normalized spacial score (nSPS) is 12.5. The lowest BCUT2D eigenvalue weighted by atomic mass is 9.96. The molecule has 2 N–H and O–H groups in total. The SMILES string of the molecule is COCc1ccc([C@@H](NC(=O)CCO)C(=O)Cc2cc(F)c([Si](C)(C)C)c(F)c2)cc1. The van der Waals surface area contributed by atoms with Crippen LogP contribution in [0.4, 0.5) is 8.78 Å². The Morgan fingerprint density at radius 1 is 1.06 bits per heavy atom. The first kappa shape index (κ1) is 24.8. The van der Waals surface area contributed by atoms with E-state index in [2.05, 4.69) is 5.32 Å². The number of amides is 1. The first-order valence-corrected chi connectivity index (χ1v) is 13.6. The second-order valence-corrected chi connectivity index (χ2v) is 13.5. The molecule has 2 aromatic rings. The van der Waals surface area contributed by atoms with E-state index in [0.29, 0.717) is 12.2 Å². The summed E-state index contributed by atoms with van der Waals surface area (Å²) in [5.41, 5.74) is 1.64. The van der Waals surface area contributed by atoms with Crippen molar-refractivity contribution in [2.24, 2.45) is 0 Å². The van der Waals surface area contributed by atoms with Crippen LogP contribution < -0.4 is 10.5 Å². The maximum absolute atomic E-state index is 14.6. The Kier molecular flexibility index (Phi) is 8.61. The molecule has 31 heavy (non-hydrogen) atoms. The summed E-state index contributed by atoms with van der Waals surface area (Å²) in [6, 6.07) is 8.35. The van der Waals surface area contributed by atoms with E-state index in [-0.39, 0.29) is 30.2 Å². The number of carbonyl (C=O) groups is 2. The highest BCUT2D eigenvalue weighted by Crippen LogP contribution is 2.20. The Hall–Kier alpha value is -2.42. The number of nitrogens with one attached hydrogen (secondary N) is 1. The van der Waals surface area contributed by atoms with Crippen LogP contribution in [0.15, 0.2) is 36.4 Å². The third kappa shape index (κ3) is 6.78. The highest BCUT2D eigenvalue weighted by molar-refractivity contribution is 6.88. The molecule has 0 saturated heterocycles. The molecule has 0 bridgehead atoms. The fraction of sp³-hybridized carbons (Fsp3) is 0.391. The van der Waals surface area contributed by atoms with Crippen molar-refractivity contribution >= 4 is 25.0 Å². The molecule has 0 heterocycles. The van der Waals surface area contributed by atoms with Gasteiger partial charge in [0.25, 0.3) is 0 Å². The summed E-state index contributed by atoms with van der Waals surface area (Å²) in [5, 5.41) is 11.7. The smallest absolute Gasteiger partial charge is 0.223 e. The molecule has 8 heteroatoms. The van der Waals surface area contributed by atoms with Crippen molar-refractivity contribution in [3.05, 3.63) is 64.7 Å². The first-order valence-electron chi connectivity index (χ1n) is 10.1. The highest BCUT2D eigenvalue weighted by atomic mass is 28.3. The van der Waals surface area contributed by atoms with Gasteiger partial charge in [0, 0.05) is 25.1 Å². The molecule has 0 aliphatic carbocycles. The molecular formula is C23H29F2NO4Si. The van der Waals surface area contributed by atoms with Crippen molar-refractivity contribution in [3.8, 4) is 0 Å². The average molecular weight is 450 g/mol. The van der Waals surface area contributed by atoms with E-state index in [0.717, 1.165) is 5.56 Å². The lowest BCUT2D eigenvalue weighted by Gasteiger charge is -2.21. The van der Waals surface area contributed by atoms with Gasteiger partial charge in [0.15, 0.2) is 5.78 Å². The van der Waals surface area contributed by atoms with Crippen LogP contribution in [0.25, 0.3) is 0 Å². The maximum atomic E-state index is 14.6. The summed E-state index contributed by atoms with van der Waals surface area (Å²) >= 11 is 0. The van der Waals surface area contributed by atoms with Crippen molar-refractivity contribution in [1.29, 1.82) is 0 Å². The number of hydrogen-bond donors (Lipinski definition) is 2. The molecule has 0 aliphatic rings. The quantitative estimate of drug-likeness (QED) is 0.547. The van der Waals surface area contributed by atoms with E-state index in [1.807, 2.05) is 19.6 Å². The minimum atomic E-state index is -2.23. The lowest BCUT2D eigenvalue weighted by Crippen LogP contribution is -2.42. The molecule has 5 nitrogen and oxygen atoms in total. The van der Waals surface area contributed by atoms with Gasteiger partial charge in [-0.2, -0.15) is 0 Å². The maximum Gasteiger partial charge on any atom is 0.223 e. The van der Waals surface area contributed by atoms with Gasteiger partial charge < -0.3 is 15.2 Å². The van der Waals surface area contributed by atoms with Crippen LogP contribution in [-0.4, -0.2) is 38.6 Å². The van der Waals surface area contributed by atoms with Crippen molar-refractivity contribution in [2.45, 2.75) is 45.1 Å². The number of aliphatic hydroxyl groups is 1. The molecule has 0 saturated carbocycles. The molecule has 0 spiro atoms. The number of carbonyl (C=O) groups excluding carboxylic acids is 2. The Bertz CT molecular complexity index is 903. The number of aliphatic hydroxyl groups excluding tert-OH is 1. The van der Waals surface area contributed by atoms with Gasteiger partial charge in [0.1, 0.15) is 17.7 Å². The summed E-state index contributed by atoms with van der Waals surface area (Å²) in [5.74, 6) is -2.20. The number of rotatable bonds is 10. The molecule has 2 aromatic carbocycles. The molecule has 0 fully saturated rings. The standard InChI is InChI=1S/C23H29F2NO4Si/c1-30-14-15-5-7-17(8-6-15)22(26-21(29)9-10-27)20(28)13-16-11-18(24)23(19(25)12-16)31(2,3)4/h5-8,11-12,22,27H,9-10,13-14H2,1-4H3,(H,26,29)/t22-/m1/s1. The molecule has 0 radical (unpaired) electrons. The minimum Gasteiger partial charge on any atom is -0.396 e. The molecular weight excluding hydrogens is 420 g/mol. The van der Waals surface area contributed by atoms with Crippen LogP contribution in [0, 0.1) is 11.6 Å². The predicted octanol–water partition coefficient (Wildman–Crippen LogP) is 3.01. The Morgan fingerprint density at radius 2 is 1.65 bits per heavy atom. The fourth-order valence-corrected chi connectivity index (χ4v) is 4.98. The molecule has 1 amide bonds. The fourth-order valence-electron chi connectivity index (χ4n) is 3.40. The third-order valence-corrected chi connectivity index (χ3v) is 6.80. The summed E-state index contributed by atoms with van der Waals surface area (Å²) < 4.78 is 34.2. The number of ketones is 1. The van der Waals surface area contributed by atoms with E-state index in [1.165, 1.54) is 12.1 Å². The average Bonchev–Trinajstić information content (AvgIpc) is 2.65. The van der Waals surface area contributed by atoms with Crippen LogP contribution in [0.2, 0.25) is 19.6 Å². The van der Waals surface area contributed by atoms with Gasteiger partial charge >= 0.3 is 0 Å². The van der Waals surface area contributed by atoms with Gasteiger partial charge in [-0.25, -0.2) is 8.78 Å². The van der Waals surface area contributed by atoms with Crippen molar-refractivity contribution in [1.82, 2.24) is 5.32 Å². The zero-order valence-electron chi connectivity index (χ0n) is 18.3. The second kappa shape index (κ2) is 10.7. The number of ether oxygens (including phenoxy) is 1. The van der Waals surface area contributed by atoms with Crippen molar-refractivity contribution in [3.63, 3.8) is 0 Å². The highest BCUT2D eigenvalue weighted by Gasteiger charge is 2.27. The Morgan fingerprint density at radius 3 is 2.13 bits per heavy atom. The van der Waals surface area contributed by atoms with Crippen LogP contribution in [0.3, 0.4) is 0 Å². The topological polar surface area (TPSA) is 75.6 Å². The predicted molar refractivity (Wildman–Crippen MR) is 118 cm³/mol. The molecule has 168 valence electrons. The zero-order valence-corrected chi connectivity index (χ0v) is 19.3. The number of methoxy groups -OCH3 is 1. The van der Waals surface area contributed by atoms with Gasteiger partial charge in [-0.15, -0.1) is 0 Å². The number of Topliss-reactive ketones (excluding diaryl/α,β-unsaturated/α-hetero) is 1. The van der Waals surface area contributed by atoms with E-state index in [1.54, 1.807) is 31.4 Å². The lowest BCUT2D eigenvalue weighted by molar-refractivity contribution is -0.128.